The molecule has 0 aromatic carbocycles. The normalized spacial score (nSPS) is 13.2. The minimum atomic E-state index is -4.99. The van der Waals surface area contributed by atoms with Gasteiger partial charge in [0.2, 0.25) is 0 Å². The minimum Gasteiger partial charge on any atom is -0.479 e. The van der Waals surface area contributed by atoms with Crippen LogP contribution in [0.15, 0.2) is 0 Å². The third-order valence-electron chi connectivity index (χ3n) is 0.623. The lowest BCUT2D eigenvalue weighted by Gasteiger charge is -2.14. The van der Waals surface area contributed by atoms with Crippen LogP contribution in [0.25, 0.3) is 0 Å². The maximum Gasteiger partial charge on any atom is 0.373 e. The van der Waals surface area contributed by atoms with E-state index in [-0.39, 0.29) is 0 Å². The van der Waals surface area contributed by atoms with Gasteiger partial charge < -0.3 is 14.9 Å². The highest BCUT2D eigenvalue weighted by Crippen LogP contribution is 2.56. The fourth-order valence-corrected chi connectivity index (χ4v) is 0.374. The zero-order valence-electron chi connectivity index (χ0n) is 4.36. The standard InChI is InChI=1S/C2H3Cl2O5P/c3-2(4,1(5)6)10(7,8)9/h(H,5,6)(H2,7,8,9). The van der Waals surface area contributed by atoms with E-state index in [0.717, 1.165) is 0 Å². The van der Waals surface area contributed by atoms with Crippen molar-refractivity contribution in [1.82, 2.24) is 0 Å². The van der Waals surface area contributed by atoms with Crippen LogP contribution >= 0.6 is 30.8 Å². The third kappa shape index (κ3) is 1.84. The first-order valence-electron chi connectivity index (χ1n) is 1.86. The van der Waals surface area contributed by atoms with Crippen LogP contribution < -0.4 is 0 Å². The van der Waals surface area contributed by atoms with Crippen LogP contribution in [0.1, 0.15) is 0 Å². The van der Waals surface area contributed by atoms with Crippen molar-refractivity contribution >= 4 is 36.8 Å². The predicted molar refractivity (Wildman–Crippen MR) is 34.1 cm³/mol. The lowest BCUT2D eigenvalue weighted by molar-refractivity contribution is -0.136. The van der Waals surface area contributed by atoms with Gasteiger partial charge in [0.15, 0.2) is 0 Å². The number of aliphatic carboxylic acids is 1. The van der Waals surface area contributed by atoms with Gasteiger partial charge in [-0.2, -0.15) is 0 Å². The van der Waals surface area contributed by atoms with Crippen LogP contribution in [0.3, 0.4) is 0 Å². The van der Waals surface area contributed by atoms with Crippen LogP contribution in [0.2, 0.25) is 0 Å². The Hall–Kier alpha value is 0.200. The summed E-state index contributed by atoms with van der Waals surface area (Å²) in [6.45, 7) is 0. The second-order valence-corrected chi connectivity index (χ2v) is 5.00. The zero-order chi connectivity index (χ0) is 8.58. The van der Waals surface area contributed by atoms with Crippen molar-refractivity contribution in [1.29, 1.82) is 0 Å². The molecule has 0 amide bonds. The Morgan fingerprint density at radius 2 is 1.70 bits per heavy atom. The molecule has 0 radical (unpaired) electrons. The molecule has 8 heteroatoms. The summed E-state index contributed by atoms with van der Waals surface area (Å²) >= 11 is 9.50. The molecular formula is C2H3Cl2O5P. The third-order valence-corrected chi connectivity index (χ3v) is 3.19. The van der Waals surface area contributed by atoms with Crippen LogP contribution in [0, 0.1) is 0 Å². The Balaban J connectivity index is 4.75. The molecule has 0 spiro atoms. The molecule has 0 aliphatic heterocycles. The molecule has 0 rings (SSSR count). The smallest absolute Gasteiger partial charge is 0.373 e. The quantitative estimate of drug-likeness (QED) is 0.451. The number of carboxylic acid groups (broad SMARTS) is 1. The van der Waals surface area contributed by atoms with Gasteiger partial charge in [0.25, 0.3) is 0 Å². The largest absolute Gasteiger partial charge is 0.479 e. The van der Waals surface area contributed by atoms with Crippen LogP contribution in [0.4, 0.5) is 0 Å². The molecule has 0 aromatic heterocycles. The lowest BCUT2D eigenvalue weighted by atomic mass is 10.8. The summed E-state index contributed by atoms with van der Waals surface area (Å²) in [7, 11) is -4.99. The number of halogens is 2. The molecule has 5 nitrogen and oxygen atoms in total. The topological polar surface area (TPSA) is 94.8 Å². The van der Waals surface area contributed by atoms with Gasteiger partial charge >= 0.3 is 17.6 Å². The Kier molecular flexibility index (Phi) is 2.73. The summed E-state index contributed by atoms with van der Waals surface area (Å²) in [6.07, 6.45) is 0. The molecule has 0 atom stereocenters. The van der Waals surface area contributed by atoms with Gasteiger partial charge in [-0.15, -0.1) is 0 Å². The van der Waals surface area contributed by atoms with Crippen molar-refractivity contribution in [2.45, 2.75) is 4.07 Å². The van der Waals surface area contributed by atoms with Gasteiger partial charge in [0.05, 0.1) is 0 Å². The summed E-state index contributed by atoms with van der Waals surface area (Å²) in [5.41, 5.74) is 0. The van der Waals surface area contributed by atoms with E-state index in [9.17, 15) is 9.36 Å². The Morgan fingerprint density at radius 1 is 1.40 bits per heavy atom. The van der Waals surface area contributed by atoms with E-state index in [0.29, 0.717) is 0 Å². The highest BCUT2D eigenvalue weighted by atomic mass is 35.5. The first kappa shape index (κ1) is 10.2. The number of carbonyl (C=O) groups is 1. The number of carboxylic acids is 1. The highest BCUT2D eigenvalue weighted by Gasteiger charge is 2.51. The highest BCUT2D eigenvalue weighted by molar-refractivity contribution is 7.59. The zero-order valence-corrected chi connectivity index (χ0v) is 6.77. The monoisotopic (exact) mass is 208 g/mol. The second-order valence-electron chi connectivity index (χ2n) is 1.39. The van der Waals surface area contributed by atoms with Gasteiger partial charge in [-0.1, -0.05) is 23.2 Å². The SMILES string of the molecule is O=C(O)C(Cl)(Cl)P(=O)(O)O. The van der Waals surface area contributed by atoms with Crippen molar-refractivity contribution in [3.8, 4) is 0 Å². The Labute approximate surface area is 65.7 Å². The number of rotatable bonds is 2. The van der Waals surface area contributed by atoms with Crippen molar-refractivity contribution < 1.29 is 24.3 Å². The van der Waals surface area contributed by atoms with E-state index < -0.39 is 17.6 Å². The van der Waals surface area contributed by atoms with Crippen LogP contribution in [0.5, 0.6) is 0 Å². The Morgan fingerprint density at radius 3 is 1.70 bits per heavy atom. The predicted octanol–water partition coefficient (Wildman–Crippen LogP) is 0.380. The average molecular weight is 209 g/mol. The van der Waals surface area contributed by atoms with E-state index in [1.54, 1.807) is 0 Å². The molecule has 60 valence electrons. The summed E-state index contributed by atoms with van der Waals surface area (Å²) < 4.78 is 7.11. The lowest BCUT2D eigenvalue weighted by Crippen LogP contribution is -2.25. The van der Waals surface area contributed by atoms with Crippen molar-refractivity contribution in [2.24, 2.45) is 0 Å². The molecule has 0 heterocycles. The first-order valence-corrected chi connectivity index (χ1v) is 4.23. The van der Waals surface area contributed by atoms with Crippen LogP contribution in [-0.4, -0.2) is 24.9 Å². The fourth-order valence-electron chi connectivity index (χ4n) is 0.125. The molecule has 0 bridgehead atoms. The second kappa shape index (κ2) is 2.68. The number of hydrogen-bond acceptors (Lipinski definition) is 2. The maximum absolute atomic E-state index is 10.1. The van der Waals surface area contributed by atoms with Crippen LogP contribution in [-0.2, 0) is 9.36 Å². The fraction of sp³-hybridized carbons (Fsp3) is 0.500. The minimum absolute atomic E-state index is 1.97. The summed E-state index contributed by atoms with van der Waals surface area (Å²) in [5, 5.41) is 8.02. The molecule has 0 aromatic rings. The molecule has 3 N–H and O–H groups in total. The average Bonchev–Trinajstić information content (AvgIpc) is 1.62. The Bertz CT molecular complexity index is 194. The maximum atomic E-state index is 10.1. The van der Waals surface area contributed by atoms with Gasteiger partial charge in [-0.05, 0) is 0 Å². The van der Waals surface area contributed by atoms with E-state index in [2.05, 4.69) is 0 Å². The van der Waals surface area contributed by atoms with E-state index in [1.165, 1.54) is 0 Å². The summed E-state index contributed by atoms with van der Waals surface area (Å²) in [4.78, 5) is 26.3. The van der Waals surface area contributed by atoms with Crippen molar-refractivity contribution in [2.75, 3.05) is 0 Å². The molecule has 0 unspecified atom stereocenters. The molecule has 0 aliphatic carbocycles. The van der Waals surface area contributed by atoms with Crippen molar-refractivity contribution in [3.05, 3.63) is 0 Å². The van der Waals surface area contributed by atoms with Gasteiger partial charge in [0, 0.05) is 0 Å². The van der Waals surface area contributed by atoms with Gasteiger partial charge in [-0.3, -0.25) is 4.57 Å². The summed E-state index contributed by atoms with van der Waals surface area (Å²) in [5.74, 6) is -1.97. The van der Waals surface area contributed by atoms with E-state index in [1.807, 2.05) is 0 Å². The molecule has 0 fully saturated rings. The molecule has 0 saturated heterocycles. The van der Waals surface area contributed by atoms with Crippen molar-refractivity contribution in [3.63, 3.8) is 0 Å². The molecule has 10 heavy (non-hydrogen) atoms. The van der Waals surface area contributed by atoms with Gasteiger partial charge in [-0.25, -0.2) is 4.79 Å². The summed E-state index contributed by atoms with van der Waals surface area (Å²) in [6, 6.07) is 0. The number of alkyl halides is 2. The number of hydrogen-bond donors (Lipinski definition) is 3. The van der Waals surface area contributed by atoms with E-state index >= 15 is 0 Å². The molecular weight excluding hydrogens is 206 g/mol. The van der Waals surface area contributed by atoms with Gasteiger partial charge in [0.1, 0.15) is 0 Å². The first-order chi connectivity index (χ1) is 4.19. The molecule has 0 aliphatic rings. The van der Waals surface area contributed by atoms with E-state index in [4.69, 9.17) is 38.1 Å². The molecule has 0 saturated carbocycles.